The molecule has 0 saturated carbocycles. The molecule has 0 aliphatic heterocycles. The van der Waals surface area contributed by atoms with Gasteiger partial charge in [0.05, 0.1) is 6.42 Å². The van der Waals surface area contributed by atoms with E-state index in [1.165, 1.54) is 109 Å². The van der Waals surface area contributed by atoms with Crippen molar-refractivity contribution in [3.63, 3.8) is 0 Å². The van der Waals surface area contributed by atoms with Gasteiger partial charge in [-0.25, -0.2) is 0 Å². The van der Waals surface area contributed by atoms with Crippen LogP contribution in [-0.2, 0) is 28.6 Å². The SMILES string of the molecule is CC/C=C\C/C=C\C/C=C\C/C=C\C/C=C\CC(=O)OCC(COC(=O)CCCCCCCC/C=C\C/C=C\C/C=C\CCCCCCC)OC(=O)CCCCCCC/C=C\CCCCCCCCC. The second-order valence-electron chi connectivity index (χ2n) is 18.8. The van der Waals surface area contributed by atoms with Crippen LogP contribution in [0, 0.1) is 0 Å². The summed E-state index contributed by atoms with van der Waals surface area (Å²) in [5, 5.41) is 0. The minimum Gasteiger partial charge on any atom is -0.462 e. The fourth-order valence-corrected chi connectivity index (χ4v) is 7.69. The molecule has 0 spiro atoms. The number of hydrogen-bond acceptors (Lipinski definition) is 6. The van der Waals surface area contributed by atoms with Gasteiger partial charge in [0.15, 0.2) is 6.10 Å². The molecule has 0 saturated heterocycles. The van der Waals surface area contributed by atoms with Crippen LogP contribution >= 0.6 is 0 Å². The molecule has 0 N–H and O–H groups in total. The maximum absolute atomic E-state index is 12.8. The summed E-state index contributed by atoms with van der Waals surface area (Å²) in [6, 6.07) is 0. The topological polar surface area (TPSA) is 78.9 Å². The summed E-state index contributed by atoms with van der Waals surface area (Å²) in [4.78, 5) is 38.1. The molecule has 0 aliphatic rings. The van der Waals surface area contributed by atoms with Gasteiger partial charge in [-0.05, 0) is 109 Å². The molecule has 0 heterocycles. The van der Waals surface area contributed by atoms with Gasteiger partial charge in [-0.15, -0.1) is 0 Å². The summed E-state index contributed by atoms with van der Waals surface area (Å²) >= 11 is 0. The third-order valence-electron chi connectivity index (χ3n) is 12.0. The first-order valence-corrected chi connectivity index (χ1v) is 28.9. The molecule has 0 fully saturated rings. The van der Waals surface area contributed by atoms with Gasteiger partial charge in [-0.3, -0.25) is 14.4 Å². The standard InChI is InChI=1S/C64H106O6/c1-4-7-10-13-16-19-22-25-28-30-31-32-33-34-37-39-42-45-48-51-54-57-63(66)69-60-61(59-68-62(65)56-53-50-47-44-41-38-35-27-24-21-18-15-12-9-6-3)70-64(67)58-55-52-49-46-43-40-36-29-26-23-20-17-14-11-8-5-2/h9,12,18,21-22,25,27,29-31,33-36,41,44,50,53,61H,4-8,10-11,13-17,19-20,23-24,26,28,32,37-40,42-43,45-49,51-52,54-60H2,1-3H3/b12-9-,21-18-,25-22-,31-30-,34-33-,35-27-,36-29-,44-41-,53-50-. The lowest BCUT2D eigenvalue weighted by Gasteiger charge is -2.18. The largest absolute Gasteiger partial charge is 0.462 e. The van der Waals surface area contributed by atoms with Crippen molar-refractivity contribution in [3.05, 3.63) is 109 Å². The number of rotatable bonds is 51. The van der Waals surface area contributed by atoms with Crippen LogP contribution < -0.4 is 0 Å². The summed E-state index contributed by atoms with van der Waals surface area (Å²) in [5.41, 5.74) is 0. The number of esters is 3. The monoisotopic (exact) mass is 971 g/mol. The highest BCUT2D eigenvalue weighted by atomic mass is 16.6. The van der Waals surface area contributed by atoms with E-state index >= 15 is 0 Å². The van der Waals surface area contributed by atoms with E-state index < -0.39 is 12.1 Å². The second-order valence-corrected chi connectivity index (χ2v) is 18.8. The van der Waals surface area contributed by atoms with Crippen LogP contribution in [0.25, 0.3) is 0 Å². The third kappa shape index (κ3) is 55.0. The Kier molecular flexibility index (Phi) is 54.4. The van der Waals surface area contributed by atoms with Crippen molar-refractivity contribution >= 4 is 17.9 Å². The molecule has 0 aromatic heterocycles. The number of carbonyl (C=O) groups is 3. The molecular weight excluding hydrogens is 865 g/mol. The predicted molar refractivity (Wildman–Crippen MR) is 302 cm³/mol. The molecule has 1 atom stereocenters. The van der Waals surface area contributed by atoms with Crippen molar-refractivity contribution < 1.29 is 28.6 Å². The van der Waals surface area contributed by atoms with Gasteiger partial charge in [0.1, 0.15) is 13.2 Å². The van der Waals surface area contributed by atoms with Crippen molar-refractivity contribution in [1.29, 1.82) is 0 Å². The molecule has 0 aromatic rings. The Morgan fingerprint density at radius 2 is 0.614 bits per heavy atom. The lowest BCUT2D eigenvalue weighted by Crippen LogP contribution is -2.30. The molecule has 6 nitrogen and oxygen atoms in total. The van der Waals surface area contributed by atoms with Crippen LogP contribution in [-0.4, -0.2) is 37.2 Å². The van der Waals surface area contributed by atoms with Gasteiger partial charge >= 0.3 is 17.9 Å². The molecule has 6 heteroatoms. The Bertz CT molecular complexity index is 1440. The molecule has 398 valence electrons. The predicted octanol–water partition coefficient (Wildman–Crippen LogP) is 19.5. The highest BCUT2D eigenvalue weighted by molar-refractivity contribution is 5.72. The van der Waals surface area contributed by atoms with Gasteiger partial charge in [0.25, 0.3) is 0 Å². The Labute approximate surface area is 431 Å². The molecule has 70 heavy (non-hydrogen) atoms. The van der Waals surface area contributed by atoms with Gasteiger partial charge in [0, 0.05) is 12.8 Å². The van der Waals surface area contributed by atoms with E-state index in [0.717, 1.165) is 109 Å². The van der Waals surface area contributed by atoms with E-state index in [0.29, 0.717) is 12.8 Å². The summed E-state index contributed by atoms with van der Waals surface area (Å²) < 4.78 is 16.7. The van der Waals surface area contributed by atoms with Gasteiger partial charge in [-0.1, -0.05) is 239 Å². The minimum atomic E-state index is -0.830. The Hall–Kier alpha value is -3.93. The van der Waals surface area contributed by atoms with Crippen LogP contribution in [0.5, 0.6) is 0 Å². The summed E-state index contributed by atoms with van der Waals surface area (Å²) in [6.07, 6.45) is 78.2. The fraction of sp³-hybridized carbons (Fsp3) is 0.672. The molecule has 0 bridgehead atoms. The highest BCUT2D eigenvalue weighted by Gasteiger charge is 2.19. The van der Waals surface area contributed by atoms with Crippen molar-refractivity contribution in [2.75, 3.05) is 13.2 Å². The molecule has 0 amide bonds. The first kappa shape index (κ1) is 66.1. The summed E-state index contributed by atoms with van der Waals surface area (Å²) in [7, 11) is 0. The zero-order chi connectivity index (χ0) is 50.7. The Balaban J connectivity index is 4.51. The van der Waals surface area contributed by atoms with Crippen LogP contribution in [0.15, 0.2) is 109 Å². The highest BCUT2D eigenvalue weighted by Crippen LogP contribution is 2.14. The van der Waals surface area contributed by atoms with E-state index in [1.807, 2.05) is 6.08 Å². The van der Waals surface area contributed by atoms with Crippen molar-refractivity contribution in [3.8, 4) is 0 Å². The molecule has 1 unspecified atom stereocenters. The molecule has 0 radical (unpaired) electrons. The van der Waals surface area contributed by atoms with E-state index in [9.17, 15) is 14.4 Å². The minimum absolute atomic E-state index is 0.119. The number of allylic oxidation sites excluding steroid dienone is 17. The average Bonchev–Trinajstić information content (AvgIpc) is 3.36. The van der Waals surface area contributed by atoms with Crippen LogP contribution in [0.4, 0.5) is 0 Å². The maximum atomic E-state index is 12.8. The van der Waals surface area contributed by atoms with Gasteiger partial charge < -0.3 is 14.2 Å². The molecule has 0 rings (SSSR count). The summed E-state index contributed by atoms with van der Waals surface area (Å²) in [5.74, 6) is -1.07. The van der Waals surface area contributed by atoms with Crippen LogP contribution in [0.1, 0.15) is 258 Å². The average molecular weight is 972 g/mol. The first-order chi connectivity index (χ1) is 34.5. The quantitative estimate of drug-likeness (QED) is 0.0262. The van der Waals surface area contributed by atoms with Gasteiger partial charge in [-0.2, -0.15) is 0 Å². The van der Waals surface area contributed by atoms with Crippen LogP contribution in [0.2, 0.25) is 0 Å². The Morgan fingerprint density at radius 1 is 0.314 bits per heavy atom. The zero-order valence-corrected chi connectivity index (χ0v) is 45.5. The van der Waals surface area contributed by atoms with Crippen LogP contribution in [0.3, 0.4) is 0 Å². The summed E-state index contributed by atoms with van der Waals surface area (Å²) in [6.45, 7) is 6.41. The number of hydrogen-bond donors (Lipinski definition) is 0. The Morgan fingerprint density at radius 3 is 1.01 bits per heavy atom. The molecule has 0 aromatic carbocycles. The van der Waals surface area contributed by atoms with E-state index in [-0.39, 0.29) is 31.6 Å². The lowest BCUT2D eigenvalue weighted by atomic mass is 10.1. The number of carbonyl (C=O) groups excluding carboxylic acids is 3. The van der Waals surface area contributed by atoms with Crippen molar-refractivity contribution in [2.45, 2.75) is 264 Å². The second kappa shape index (κ2) is 57.6. The van der Waals surface area contributed by atoms with Gasteiger partial charge in [0.2, 0.25) is 0 Å². The zero-order valence-electron chi connectivity index (χ0n) is 45.5. The van der Waals surface area contributed by atoms with Crippen molar-refractivity contribution in [2.24, 2.45) is 0 Å². The van der Waals surface area contributed by atoms with E-state index in [2.05, 4.69) is 118 Å². The maximum Gasteiger partial charge on any atom is 0.309 e. The fourth-order valence-electron chi connectivity index (χ4n) is 7.69. The lowest BCUT2D eigenvalue weighted by molar-refractivity contribution is -0.166. The molecule has 0 aliphatic carbocycles. The van der Waals surface area contributed by atoms with Crippen molar-refractivity contribution in [1.82, 2.24) is 0 Å². The van der Waals surface area contributed by atoms with E-state index in [4.69, 9.17) is 14.2 Å². The smallest absolute Gasteiger partial charge is 0.309 e. The van der Waals surface area contributed by atoms with E-state index in [1.54, 1.807) is 6.08 Å². The molecular formula is C64H106O6. The first-order valence-electron chi connectivity index (χ1n) is 28.9. The third-order valence-corrected chi connectivity index (χ3v) is 12.0. The number of ether oxygens (including phenoxy) is 3. The normalized spacial score (nSPS) is 12.9. The number of unbranched alkanes of at least 4 members (excludes halogenated alkanes) is 23.